The molecule has 0 saturated carbocycles. The fraction of sp³-hybridized carbons (Fsp3) is 0.400. The first kappa shape index (κ1) is 7.38. The number of carboxylic acid groups (broad SMARTS) is 1. The number of carbonyl (C=O) groups excluding carboxylic acids is 1. The first-order valence-electron chi connectivity index (χ1n) is 1.93. The predicted molar refractivity (Wildman–Crippen MR) is 32.0 cm³/mol. The molecule has 0 bridgehead atoms. The third-order valence-electron chi connectivity index (χ3n) is 0.357. The molecule has 8 heavy (non-hydrogen) atoms. The first-order chi connectivity index (χ1) is 3.63. The van der Waals surface area contributed by atoms with Crippen LogP contribution in [0.25, 0.3) is 0 Å². The van der Waals surface area contributed by atoms with Gasteiger partial charge in [-0.25, -0.2) is 0 Å². The molecule has 0 unspecified atom stereocenters. The molecular formula is C5H6O2S. The zero-order chi connectivity index (χ0) is 6.57. The number of hydrogen-bond donors (Lipinski definition) is 0. The molecule has 0 spiro atoms. The smallest absolute Gasteiger partial charge is 0.158 e. The summed E-state index contributed by atoms with van der Waals surface area (Å²) in [6, 6.07) is 0. The van der Waals surface area contributed by atoms with Crippen LogP contribution in [0.15, 0.2) is 0 Å². The van der Waals surface area contributed by atoms with E-state index >= 15 is 0 Å². The molecule has 0 aliphatic carbocycles. The lowest BCUT2D eigenvalue weighted by Crippen LogP contribution is -2.19. The summed E-state index contributed by atoms with van der Waals surface area (Å²) in [4.78, 5) is 9.62. The highest BCUT2D eigenvalue weighted by Crippen LogP contribution is 1.74. The van der Waals surface area contributed by atoms with Crippen LogP contribution < -0.4 is 5.11 Å². The number of carboxylic acids is 1. The summed E-state index contributed by atoms with van der Waals surface area (Å²) in [7, 11) is -0.118. The second-order valence-corrected chi connectivity index (χ2v) is 3.17. The Balaban J connectivity index is 3.68. The molecule has 0 aromatic rings. The van der Waals surface area contributed by atoms with Gasteiger partial charge >= 0.3 is 0 Å². The molecule has 3 heteroatoms. The summed E-state index contributed by atoms with van der Waals surface area (Å²) in [5.74, 6) is 0.613. The van der Waals surface area contributed by atoms with Gasteiger partial charge in [-0.1, -0.05) is 0 Å². The molecule has 0 radical (unpaired) electrons. The van der Waals surface area contributed by atoms with E-state index < -0.39 is 5.97 Å². The van der Waals surface area contributed by atoms with Crippen molar-refractivity contribution in [1.82, 2.24) is 0 Å². The molecule has 0 atom stereocenters. The Morgan fingerprint density at radius 2 is 2.12 bits per heavy atom. The van der Waals surface area contributed by atoms with E-state index in [0.717, 1.165) is 0 Å². The molecule has 0 rings (SSSR count). The number of carbonyl (C=O) groups is 1. The molecule has 0 N–H and O–H groups in total. The quantitative estimate of drug-likeness (QED) is 0.298. The van der Waals surface area contributed by atoms with E-state index in [2.05, 4.69) is 5.25 Å². The third kappa shape index (κ3) is 5.38. The first-order valence-corrected chi connectivity index (χ1v) is 3.97. The number of hydrogen-bond acceptors (Lipinski definition) is 2. The fourth-order valence-electron chi connectivity index (χ4n) is 0.144. The topological polar surface area (TPSA) is 40.1 Å². The van der Waals surface area contributed by atoms with E-state index in [9.17, 15) is 9.90 Å². The van der Waals surface area contributed by atoms with Crippen LogP contribution in [0, 0.1) is 11.2 Å². The Bertz CT molecular complexity index is 140. The van der Waals surface area contributed by atoms with Gasteiger partial charge < -0.3 is 9.90 Å². The summed E-state index contributed by atoms with van der Waals surface area (Å²) in [5.41, 5.74) is 0. The van der Waals surface area contributed by atoms with E-state index in [1.165, 1.54) is 0 Å². The normalized spacial score (nSPS) is 7.88. The van der Waals surface area contributed by atoms with Crippen molar-refractivity contribution in [2.75, 3.05) is 12.5 Å². The van der Waals surface area contributed by atoms with Crippen LogP contribution >= 0.6 is 0 Å². The minimum Gasteiger partial charge on any atom is -0.536 e. The van der Waals surface area contributed by atoms with Crippen LogP contribution in [-0.2, 0) is 15.7 Å². The van der Waals surface area contributed by atoms with E-state index in [0.29, 0.717) is 0 Å². The van der Waals surface area contributed by atoms with Gasteiger partial charge in [0.15, 0.2) is 5.25 Å². The highest BCUT2D eigenvalue weighted by Gasteiger charge is 1.90. The van der Waals surface area contributed by atoms with Gasteiger partial charge in [0.2, 0.25) is 0 Å². The van der Waals surface area contributed by atoms with Crippen molar-refractivity contribution < 1.29 is 9.90 Å². The van der Waals surface area contributed by atoms with Crippen molar-refractivity contribution >= 4 is 16.9 Å². The Morgan fingerprint density at radius 3 is 2.25 bits per heavy atom. The zero-order valence-corrected chi connectivity index (χ0v) is 5.54. The van der Waals surface area contributed by atoms with Gasteiger partial charge in [0, 0.05) is 5.92 Å². The van der Waals surface area contributed by atoms with Crippen molar-refractivity contribution in [2.45, 2.75) is 0 Å². The van der Waals surface area contributed by atoms with Crippen molar-refractivity contribution in [2.24, 2.45) is 0 Å². The molecule has 44 valence electrons. The molecule has 0 heterocycles. The van der Waals surface area contributed by atoms with Gasteiger partial charge in [-0.2, -0.15) is 0 Å². The van der Waals surface area contributed by atoms with Crippen LogP contribution in [-0.4, -0.2) is 18.5 Å². The van der Waals surface area contributed by atoms with Crippen molar-refractivity contribution in [3.8, 4) is 11.2 Å². The Morgan fingerprint density at radius 1 is 1.62 bits per heavy atom. The predicted octanol–water partition coefficient (Wildman–Crippen LogP) is -1.42. The van der Waals surface area contributed by atoms with Crippen molar-refractivity contribution in [1.29, 1.82) is 0 Å². The lowest BCUT2D eigenvalue weighted by atomic mass is 10.7. The maximum atomic E-state index is 9.62. The standard InChI is InChI=1S/C5H6O2S/c1-8(2)4-3-5(6)7/h1-2H3. The number of rotatable bonds is 0. The highest BCUT2D eigenvalue weighted by molar-refractivity contribution is 8.00. The molecule has 0 aromatic carbocycles. The lowest BCUT2D eigenvalue weighted by molar-refractivity contribution is -0.295. The second kappa shape index (κ2) is 3.39. The molecule has 0 amide bonds. The van der Waals surface area contributed by atoms with Gasteiger partial charge in [-0.3, -0.25) is 0 Å². The monoisotopic (exact) mass is 130 g/mol. The van der Waals surface area contributed by atoms with Gasteiger partial charge in [0.05, 0.1) is 10.9 Å². The van der Waals surface area contributed by atoms with Crippen LogP contribution in [0.3, 0.4) is 0 Å². The van der Waals surface area contributed by atoms with Gasteiger partial charge in [0.25, 0.3) is 0 Å². The van der Waals surface area contributed by atoms with Gasteiger partial charge in [-0.05, 0) is 0 Å². The van der Waals surface area contributed by atoms with E-state index in [1.807, 2.05) is 18.4 Å². The van der Waals surface area contributed by atoms with Crippen LogP contribution in [0.2, 0.25) is 0 Å². The Kier molecular flexibility index (Phi) is 3.13. The summed E-state index contributed by atoms with van der Waals surface area (Å²) >= 11 is 0. The third-order valence-corrected chi connectivity index (χ3v) is 0.868. The van der Waals surface area contributed by atoms with Crippen LogP contribution in [0.1, 0.15) is 0 Å². The summed E-state index contributed by atoms with van der Waals surface area (Å²) in [6.45, 7) is 0. The highest BCUT2D eigenvalue weighted by atomic mass is 32.2. The summed E-state index contributed by atoms with van der Waals surface area (Å²) in [5, 5.41) is 12.1. The summed E-state index contributed by atoms with van der Waals surface area (Å²) in [6.07, 6.45) is 3.69. The average molecular weight is 130 g/mol. The fourth-order valence-corrected chi connectivity index (χ4v) is 0.431. The van der Waals surface area contributed by atoms with Gasteiger partial charge in [-0.15, -0.1) is 0 Å². The molecule has 0 aromatic heterocycles. The number of aliphatic carboxylic acids is 1. The molecule has 0 aliphatic rings. The molecule has 0 saturated heterocycles. The zero-order valence-electron chi connectivity index (χ0n) is 4.72. The van der Waals surface area contributed by atoms with Crippen molar-refractivity contribution in [3.63, 3.8) is 0 Å². The SMILES string of the molecule is C[S+](C)C#CC(=O)[O-]. The van der Waals surface area contributed by atoms with Crippen LogP contribution in [0.4, 0.5) is 0 Å². The minimum absolute atomic E-state index is 0.118. The van der Waals surface area contributed by atoms with E-state index in [-0.39, 0.29) is 10.9 Å². The van der Waals surface area contributed by atoms with Crippen LogP contribution in [0.5, 0.6) is 0 Å². The van der Waals surface area contributed by atoms with Crippen molar-refractivity contribution in [3.05, 3.63) is 0 Å². The second-order valence-electron chi connectivity index (χ2n) is 1.33. The Hall–Kier alpha value is -0.620. The Labute approximate surface area is 51.2 Å². The lowest BCUT2D eigenvalue weighted by Gasteiger charge is -1.80. The molecule has 0 aliphatic heterocycles. The van der Waals surface area contributed by atoms with E-state index in [4.69, 9.17) is 0 Å². The molecule has 0 fully saturated rings. The average Bonchev–Trinajstić information content (AvgIpc) is 1.61. The largest absolute Gasteiger partial charge is 0.536 e. The maximum absolute atomic E-state index is 9.62. The minimum atomic E-state index is -1.30. The molecule has 2 nitrogen and oxygen atoms in total. The van der Waals surface area contributed by atoms with E-state index in [1.54, 1.807) is 0 Å². The van der Waals surface area contributed by atoms with Gasteiger partial charge in [0.1, 0.15) is 18.5 Å². The summed E-state index contributed by atoms with van der Waals surface area (Å²) < 4.78 is 0. The molecular weight excluding hydrogens is 124 g/mol. The maximum Gasteiger partial charge on any atom is 0.158 e.